The highest BCUT2D eigenvalue weighted by atomic mass is 16.5. The van der Waals surface area contributed by atoms with Gasteiger partial charge in [0.1, 0.15) is 11.6 Å². The first-order valence-corrected chi connectivity index (χ1v) is 9.99. The summed E-state index contributed by atoms with van der Waals surface area (Å²) >= 11 is 0. The van der Waals surface area contributed by atoms with Crippen LogP contribution >= 0.6 is 0 Å². The van der Waals surface area contributed by atoms with Crippen LogP contribution in [0, 0.1) is 6.92 Å². The molecule has 1 unspecified atom stereocenters. The molecule has 0 radical (unpaired) electrons. The summed E-state index contributed by atoms with van der Waals surface area (Å²) in [6.07, 6.45) is 2.18. The van der Waals surface area contributed by atoms with Crippen LogP contribution in [-0.4, -0.2) is 17.1 Å². The van der Waals surface area contributed by atoms with Crippen molar-refractivity contribution < 1.29 is 4.74 Å². The van der Waals surface area contributed by atoms with Crippen molar-refractivity contribution in [3.63, 3.8) is 0 Å². The lowest BCUT2D eigenvalue weighted by Crippen LogP contribution is -2.10. The third-order valence-corrected chi connectivity index (χ3v) is 5.75. The molecule has 4 aromatic rings. The maximum Gasteiger partial charge on any atom is 0.162 e. The van der Waals surface area contributed by atoms with Gasteiger partial charge in [0.05, 0.1) is 18.7 Å². The number of aryl methyl sites for hydroxylation is 1. The second-order valence-electron chi connectivity index (χ2n) is 7.52. The summed E-state index contributed by atoms with van der Waals surface area (Å²) in [6, 6.07) is 22.9. The molecule has 1 aliphatic carbocycles. The molecule has 0 fully saturated rings. The van der Waals surface area contributed by atoms with Gasteiger partial charge in [0, 0.05) is 10.9 Å². The van der Waals surface area contributed by atoms with Crippen molar-refractivity contribution in [3.05, 3.63) is 83.4 Å². The predicted octanol–water partition coefficient (Wildman–Crippen LogP) is 5.71. The quantitative estimate of drug-likeness (QED) is 0.492. The predicted molar refractivity (Wildman–Crippen MR) is 117 cm³/mol. The number of ether oxygens (including phenoxy) is 1. The fourth-order valence-electron chi connectivity index (χ4n) is 4.23. The van der Waals surface area contributed by atoms with E-state index in [1.165, 1.54) is 16.7 Å². The molecule has 3 aromatic carbocycles. The van der Waals surface area contributed by atoms with Crippen molar-refractivity contribution >= 4 is 16.7 Å². The van der Waals surface area contributed by atoms with Gasteiger partial charge in [-0.05, 0) is 60.7 Å². The van der Waals surface area contributed by atoms with Crippen LogP contribution in [0.15, 0.2) is 66.7 Å². The normalized spacial score (nSPS) is 15.3. The number of methoxy groups -OCH3 is 1. The molecule has 5 rings (SSSR count). The summed E-state index contributed by atoms with van der Waals surface area (Å²) < 4.78 is 5.38. The minimum atomic E-state index is 0.265. The van der Waals surface area contributed by atoms with E-state index in [1.54, 1.807) is 7.11 Å². The second kappa shape index (κ2) is 7.21. The van der Waals surface area contributed by atoms with E-state index in [0.717, 1.165) is 40.9 Å². The topological polar surface area (TPSA) is 47.0 Å². The van der Waals surface area contributed by atoms with Crippen molar-refractivity contribution in [3.8, 4) is 17.1 Å². The minimum absolute atomic E-state index is 0.265. The van der Waals surface area contributed by atoms with Crippen LogP contribution in [0.2, 0.25) is 0 Å². The number of nitrogens with one attached hydrogen (secondary N) is 1. The molecule has 144 valence electrons. The van der Waals surface area contributed by atoms with E-state index in [0.29, 0.717) is 5.82 Å². The number of nitrogens with zero attached hydrogens (tertiary/aromatic N) is 2. The van der Waals surface area contributed by atoms with Gasteiger partial charge in [-0.1, -0.05) is 42.5 Å². The Morgan fingerprint density at radius 2 is 1.83 bits per heavy atom. The molecule has 0 saturated heterocycles. The Bertz CT molecular complexity index is 1200. The number of hydrogen-bond donors (Lipinski definition) is 1. The monoisotopic (exact) mass is 381 g/mol. The summed E-state index contributed by atoms with van der Waals surface area (Å²) in [6.45, 7) is 2.20. The number of rotatable bonds is 4. The van der Waals surface area contributed by atoms with E-state index >= 15 is 0 Å². The Balaban J connectivity index is 1.60. The fourth-order valence-corrected chi connectivity index (χ4v) is 4.23. The number of benzene rings is 3. The Kier molecular flexibility index (Phi) is 4.39. The van der Waals surface area contributed by atoms with Crippen LogP contribution in [0.3, 0.4) is 0 Å². The molecular formula is C25H23N3O. The molecule has 4 heteroatoms. The van der Waals surface area contributed by atoms with Crippen LogP contribution in [0.4, 0.5) is 5.82 Å². The fraction of sp³-hybridized carbons (Fsp3) is 0.200. The maximum atomic E-state index is 5.38. The third-order valence-electron chi connectivity index (χ3n) is 5.75. The molecule has 1 aromatic heterocycles. The van der Waals surface area contributed by atoms with Gasteiger partial charge in [0.2, 0.25) is 0 Å². The zero-order valence-corrected chi connectivity index (χ0v) is 16.6. The van der Waals surface area contributed by atoms with E-state index in [-0.39, 0.29) is 6.04 Å². The zero-order valence-electron chi connectivity index (χ0n) is 16.6. The number of para-hydroxylation sites is 1. The highest BCUT2D eigenvalue weighted by Gasteiger charge is 2.24. The lowest BCUT2D eigenvalue weighted by Gasteiger charge is -2.17. The van der Waals surface area contributed by atoms with E-state index in [4.69, 9.17) is 14.7 Å². The molecule has 0 bridgehead atoms. The molecule has 1 heterocycles. The van der Waals surface area contributed by atoms with Crippen molar-refractivity contribution in [2.24, 2.45) is 0 Å². The van der Waals surface area contributed by atoms with Gasteiger partial charge in [0.15, 0.2) is 5.82 Å². The van der Waals surface area contributed by atoms with Gasteiger partial charge >= 0.3 is 0 Å². The van der Waals surface area contributed by atoms with E-state index in [9.17, 15) is 0 Å². The van der Waals surface area contributed by atoms with E-state index in [2.05, 4.69) is 36.5 Å². The average Bonchev–Trinajstić information content (AvgIpc) is 3.18. The molecule has 0 aliphatic heterocycles. The largest absolute Gasteiger partial charge is 0.497 e. The number of fused-ring (bicyclic) bond motifs is 2. The second-order valence-corrected chi connectivity index (χ2v) is 7.52. The molecule has 0 amide bonds. The Labute approximate surface area is 170 Å². The summed E-state index contributed by atoms with van der Waals surface area (Å²) in [5.41, 5.74) is 6.11. The maximum absolute atomic E-state index is 5.38. The Hall–Kier alpha value is -3.40. The van der Waals surface area contributed by atoms with Crippen LogP contribution in [-0.2, 0) is 6.42 Å². The molecule has 1 N–H and O–H groups in total. The van der Waals surface area contributed by atoms with Gasteiger partial charge in [-0.2, -0.15) is 0 Å². The van der Waals surface area contributed by atoms with E-state index < -0.39 is 0 Å². The summed E-state index contributed by atoms with van der Waals surface area (Å²) in [5, 5.41) is 4.77. The van der Waals surface area contributed by atoms with Crippen LogP contribution in [0.1, 0.15) is 29.2 Å². The smallest absolute Gasteiger partial charge is 0.162 e. The van der Waals surface area contributed by atoms with Crippen molar-refractivity contribution in [1.82, 2.24) is 9.97 Å². The number of aromatic nitrogens is 2. The van der Waals surface area contributed by atoms with Gasteiger partial charge in [-0.3, -0.25) is 0 Å². The number of anilines is 1. The minimum Gasteiger partial charge on any atom is -0.497 e. The van der Waals surface area contributed by atoms with E-state index in [1.807, 2.05) is 42.5 Å². The average molecular weight is 381 g/mol. The standard InChI is InChI=1S/C25H23N3O/c1-16-7-5-11-20-19(16)13-14-23(20)27-25-21-10-3-4-12-22(21)26-24(28-25)17-8-6-9-18(15-17)29-2/h3-12,15,23H,13-14H2,1-2H3,(H,26,27,28). The molecular weight excluding hydrogens is 358 g/mol. The summed E-state index contributed by atoms with van der Waals surface area (Å²) in [5.74, 6) is 2.38. The Morgan fingerprint density at radius 3 is 2.72 bits per heavy atom. The molecule has 29 heavy (non-hydrogen) atoms. The first kappa shape index (κ1) is 17.7. The van der Waals surface area contributed by atoms with Gasteiger partial charge in [-0.15, -0.1) is 0 Å². The van der Waals surface area contributed by atoms with Crippen molar-refractivity contribution in [1.29, 1.82) is 0 Å². The van der Waals surface area contributed by atoms with Crippen molar-refractivity contribution in [2.75, 3.05) is 12.4 Å². The lowest BCUT2D eigenvalue weighted by molar-refractivity contribution is 0.415. The molecule has 0 spiro atoms. The number of hydrogen-bond acceptors (Lipinski definition) is 4. The van der Waals surface area contributed by atoms with Gasteiger partial charge in [0.25, 0.3) is 0 Å². The van der Waals surface area contributed by atoms with Crippen LogP contribution in [0.25, 0.3) is 22.3 Å². The van der Waals surface area contributed by atoms with Gasteiger partial charge < -0.3 is 10.1 Å². The molecule has 1 aliphatic rings. The lowest BCUT2D eigenvalue weighted by atomic mass is 10.0. The summed E-state index contributed by atoms with van der Waals surface area (Å²) in [7, 11) is 1.67. The highest BCUT2D eigenvalue weighted by molar-refractivity contribution is 5.90. The van der Waals surface area contributed by atoms with Crippen LogP contribution in [0.5, 0.6) is 5.75 Å². The first-order chi connectivity index (χ1) is 14.2. The van der Waals surface area contributed by atoms with Crippen molar-refractivity contribution in [2.45, 2.75) is 25.8 Å². The highest BCUT2D eigenvalue weighted by Crippen LogP contribution is 2.37. The summed E-state index contributed by atoms with van der Waals surface area (Å²) in [4.78, 5) is 9.74. The molecule has 4 nitrogen and oxygen atoms in total. The molecule has 0 saturated carbocycles. The van der Waals surface area contributed by atoms with Gasteiger partial charge in [-0.25, -0.2) is 9.97 Å². The Morgan fingerprint density at radius 1 is 0.966 bits per heavy atom. The van der Waals surface area contributed by atoms with Crippen LogP contribution < -0.4 is 10.1 Å². The third kappa shape index (κ3) is 3.21. The SMILES string of the molecule is COc1cccc(-c2nc(NC3CCc4c(C)cccc43)c3ccccc3n2)c1. The zero-order chi connectivity index (χ0) is 19.8. The first-order valence-electron chi connectivity index (χ1n) is 9.99. The molecule has 1 atom stereocenters.